The Balaban J connectivity index is 1.71. The van der Waals surface area contributed by atoms with Gasteiger partial charge in [-0.1, -0.05) is 0 Å². The number of nitriles is 1. The number of amides is 1. The molecule has 1 aromatic carbocycles. The van der Waals surface area contributed by atoms with E-state index in [0.717, 1.165) is 11.2 Å². The van der Waals surface area contributed by atoms with E-state index in [2.05, 4.69) is 15.1 Å². The van der Waals surface area contributed by atoms with Gasteiger partial charge in [0, 0.05) is 11.8 Å². The molecule has 1 aliphatic heterocycles. The fourth-order valence-electron chi connectivity index (χ4n) is 3.33. The lowest BCUT2D eigenvalue weighted by Gasteiger charge is -2.23. The summed E-state index contributed by atoms with van der Waals surface area (Å²) in [7, 11) is 0. The molecule has 3 heterocycles. The summed E-state index contributed by atoms with van der Waals surface area (Å²) in [5.74, 6) is -0.767. The number of pyridine rings is 1. The van der Waals surface area contributed by atoms with Gasteiger partial charge in [-0.15, -0.1) is 0 Å². The Morgan fingerprint density at radius 1 is 1.06 bits per heavy atom. The molecular formula is C20H12F6N6O2. The number of benzene rings is 1. The quantitative estimate of drug-likeness (QED) is 0.528. The van der Waals surface area contributed by atoms with Crippen molar-refractivity contribution in [3.05, 3.63) is 70.9 Å². The van der Waals surface area contributed by atoms with Crippen LogP contribution in [0.1, 0.15) is 38.9 Å². The van der Waals surface area contributed by atoms with E-state index in [-0.39, 0.29) is 29.9 Å². The molecule has 2 aromatic heterocycles. The zero-order chi connectivity index (χ0) is 24.7. The van der Waals surface area contributed by atoms with Gasteiger partial charge in [0.25, 0.3) is 5.91 Å². The fourth-order valence-corrected chi connectivity index (χ4v) is 3.33. The number of rotatable bonds is 3. The Labute approximate surface area is 187 Å². The second-order valence-electron chi connectivity index (χ2n) is 7.13. The van der Waals surface area contributed by atoms with Crippen molar-refractivity contribution in [1.82, 2.24) is 24.6 Å². The Morgan fingerprint density at radius 3 is 2.29 bits per heavy atom. The second-order valence-corrected chi connectivity index (χ2v) is 7.13. The van der Waals surface area contributed by atoms with Gasteiger partial charge >= 0.3 is 12.4 Å². The molecule has 0 unspecified atom stereocenters. The normalized spacial score (nSPS) is 16.5. The lowest BCUT2D eigenvalue weighted by atomic mass is 10.0. The predicted octanol–water partition coefficient (Wildman–Crippen LogP) is 3.74. The van der Waals surface area contributed by atoms with Gasteiger partial charge in [-0.2, -0.15) is 41.4 Å². The van der Waals surface area contributed by atoms with Crippen molar-refractivity contribution < 1.29 is 35.9 Å². The highest BCUT2D eigenvalue weighted by molar-refractivity contribution is 5.95. The van der Waals surface area contributed by atoms with Gasteiger partial charge in [0.2, 0.25) is 0 Å². The molecule has 3 aromatic rings. The van der Waals surface area contributed by atoms with Gasteiger partial charge in [0.05, 0.1) is 23.3 Å². The van der Waals surface area contributed by atoms with Gasteiger partial charge in [-0.05, 0) is 30.3 Å². The molecular weight excluding hydrogens is 470 g/mol. The first-order valence-electron chi connectivity index (χ1n) is 9.43. The van der Waals surface area contributed by atoms with Gasteiger partial charge in [0.15, 0.2) is 11.6 Å². The van der Waals surface area contributed by atoms with Crippen molar-refractivity contribution in [3.63, 3.8) is 0 Å². The Kier molecular flexibility index (Phi) is 5.74. The van der Waals surface area contributed by atoms with Crippen molar-refractivity contribution in [3.8, 4) is 11.9 Å². The molecule has 8 nitrogen and oxygen atoms in total. The Bertz CT molecular complexity index is 1230. The summed E-state index contributed by atoms with van der Waals surface area (Å²) in [6.45, 7) is -0.527. The molecule has 0 aliphatic carbocycles. The van der Waals surface area contributed by atoms with Crippen molar-refractivity contribution in [2.75, 3.05) is 13.3 Å². The maximum atomic E-state index is 13.2. The number of halogens is 6. The third kappa shape index (κ3) is 4.42. The van der Waals surface area contributed by atoms with E-state index in [1.54, 1.807) is 0 Å². The summed E-state index contributed by atoms with van der Waals surface area (Å²) in [5.41, 5.74) is -3.74. The highest BCUT2D eigenvalue weighted by atomic mass is 19.4. The Hall–Kier alpha value is -3.99. The van der Waals surface area contributed by atoms with E-state index < -0.39 is 47.7 Å². The molecule has 0 spiro atoms. The van der Waals surface area contributed by atoms with E-state index in [0.29, 0.717) is 12.1 Å². The molecule has 1 atom stereocenters. The number of alkyl halides is 6. The monoisotopic (exact) mass is 482 g/mol. The molecule has 0 saturated carbocycles. The summed E-state index contributed by atoms with van der Waals surface area (Å²) in [4.78, 5) is 22.1. The first-order valence-corrected chi connectivity index (χ1v) is 9.43. The molecule has 34 heavy (non-hydrogen) atoms. The molecule has 14 heteroatoms. The third-order valence-electron chi connectivity index (χ3n) is 4.94. The van der Waals surface area contributed by atoms with Gasteiger partial charge in [-0.3, -0.25) is 4.79 Å². The maximum absolute atomic E-state index is 13.2. The molecule has 4 rings (SSSR count). The number of nitrogens with zero attached hydrogens (tertiary/aromatic N) is 6. The van der Waals surface area contributed by atoms with Gasteiger partial charge in [-0.25, -0.2) is 9.97 Å². The second kappa shape index (κ2) is 8.41. The highest BCUT2D eigenvalue weighted by Crippen LogP contribution is 2.37. The van der Waals surface area contributed by atoms with E-state index in [4.69, 9.17) is 10.00 Å². The molecule has 1 aliphatic rings. The third-order valence-corrected chi connectivity index (χ3v) is 4.94. The number of carbonyl (C=O) groups excluding carboxylic acids is 1. The van der Waals surface area contributed by atoms with Gasteiger partial charge < -0.3 is 9.64 Å². The summed E-state index contributed by atoms with van der Waals surface area (Å²) < 4.78 is 85.7. The van der Waals surface area contributed by atoms with Crippen molar-refractivity contribution >= 4 is 5.91 Å². The smallest absolute Gasteiger partial charge is 0.358 e. The van der Waals surface area contributed by atoms with Crippen LogP contribution in [0.2, 0.25) is 0 Å². The number of carbonyl (C=O) groups is 1. The number of hydrogen-bond donors (Lipinski definition) is 0. The standard InChI is InChI=1S/C20H12F6N6O2/c21-19(22,23)13-3-12(4-14(5-13)20(24,25)26)18(33)31-10-34-8-15(31)17-29-9-30-32(17)16-2-1-11(6-27)7-28-16/h1-5,7,9,15H,8,10H2/t15-/m0/s1. The lowest BCUT2D eigenvalue weighted by molar-refractivity contribution is -0.143. The highest BCUT2D eigenvalue weighted by Gasteiger charge is 2.40. The van der Waals surface area contributed by atoms with Crippen LogP contribution < -0.4 is 0 Å². The lowest BCUT2D eigenvalue weighted by Crippen LogP contribution is -2.33. The van der Waals surface area contributed by atoms with Crippen molar-refractivity contribution in [2.24, 2.45) is 0 Å². The minimum absolute atomic E-state index is 0.0536. The Morgan fingerprint density at radius 2 is 1.74 bits per heavy atom. The van der Waals surface area contributed by atoms with Crippen molar-refractivity contribution in [1.29, 1.82) is 5.26 Å². The van der Waals surface area contributed by atoms with Crippen LogP contribution in [0.15, 0.2) is 42.9 Å². The minimum Gasteiger partial charge on any atom is -0.358 e. The number of aromatic nitrogens is 4. The molecule has 0 radical (unpaired) electrons. The molecule has 1 fully saturated rings. The maximum Gasteiger partial charge on any atom is 0.416 e. The molecule has 0 N–H and O–H groups in total. The zero-order valence-corrected chi connectivity index (χ0v) is 16.8. The van der Waals surface area contributed by atoms with Crippen LogP contribution in [0.3, 0.4) is 0 Å². The van der Waals surface area contributed by atoms with Crippen molar-refractivity contribution in [2.45, 2.75) is 18.4 Å². The topological polar surface area (TPSA) is 96.9 Å². The number of hydrogen-bond acceptors (Lipinski definition) is 6. The number of ether oxygens (including phenoxy) is 1. The first kappa shape index (κ1) is 23.2. The van der Waals surface area contributed by atoms with Gasteiger partial charge in [0.1, 0.15) is 25.2 Å². The average molecular weight is 482 g/mol. The fraction of sp³-hybridized carbons (Fsp3) is 0.250. The predicted molar refractivity (Wildman–Crippen MR) is 100 cm³/mol. The van der Waals surface area contributed by atoms with Crippen LogP contribution in [-0.4, -0.2) is 43.9 Å². The largest absolute Gasteiger partial charge is 0.416 e. The van der Waals surface area contributed by atoms with E-state index in [1.807, 2.05) is 6.07 Å². The van der Waals surface area contributed by atoms with E-state index >= 15 is 0 Å². The molecule has 1 amide bonds. The van der Waals surface area contributed by atoms with E-state index in [9.17, 15) is 31.1 Å². The molecule has 176 valence electrons. The first-order chi connectivity index (χ1) is 16.0. The molecule has 0 bridgehead atoms. The molecule has 1 saturated heterocycles. The van der Waals surface area contributed by atoms with Crippen LogP contribution in [-0.2, 0) is 17.1 Å². The summed E-state index contributed by atoms with van der Waals surface area (Å²) in [6.07, 6.45) is -7.78. The summed E-state index contributed by atoms with van der Waals surface area (Å²) in [6, 6.07) is 4.51. The summed E-state index contributed by atoms with van der Waals surface area (Å²) in [5, 5.41) is 12.9. The average Bonchev–Trinajstić information content (AvgIpc) is 3.46. The van der Waals surface area contributed by atoms with Crippen LogP contribution >= 0.6 is 0 Å². The zero-order valence-electron chi connectivity index (χ0n) is 16.8. The van der Waals surface area contributed by atoms with Crippen LogP contribution in [0.25, 0.3) is 5.82 Å². The van der Waals surface area contributed by atoms with E-state index in [1.165, 1.54) is 23.0 Å². The van der Waals surface area contributed by atoms with Crippen LogP contribution in [0, 0.1) is 11.3 Å². The summed E-state index contributed by atoms with van der Waals surface area (Å²) >= 11 is 0. The minimum atomic E-state index is -5.10. The van der Waals surface area contributed by atoms with Crippen LogP contribution in [0.5, 0.6) is 0 Å². The van der Waals surface area contributed by atoms with Crippen LogP contribution in [0.4, 0.5) is 26.3 Å². The SMILES string of the molecule is N#Cc1ccc(-n2ncnc2[C@@H]2COCN2C(=O)c2cc(C(F)(F)F)cc(C(F)(F)F)c2)nc1.